The van der Waals surface area contributed by atoms with Crippen molar-refractivity contribution in [2.24, 2.45) is 5.73 Å². The molecular formula is C27H27NO2S. The summed E-state index contributed by atoms with van der Waals surface area (Å²) in [6, 6.07) is 30.4. The summed E-state index contributed by atoms with van der Waals surface area (Å²) in [5, 5.41) is 0. The molecule has 0 bridgehead atoms. The molecule has 4 rings (SSSR count). The summed E-state index contributed by atoms with van der Waals surface area (Å²) in [7, 11) is -2.23. The zero-order chi connectivity index (χ0) is 22.4. The van der Waals surface area contributed by atoms with Crippen LogP contribution in [-0.2, 0) is 9.84 Å². The van der Waals surface area contributed by atoms with E-state index in [1.807, 2.05) is 98.8 Å². The summed E-state index contributed by atoms with van der Waals surface area (Å²) in [6.07, 6.45) is 0. The maximum atomic E-state index is 13.8. The highest BCUT2D eigenvalue weighted by molar-refractivity contribution is 7.91. The lowest BCUT2D eigenvalue weighted by Crippen LogP contribution is -2.06. The molecule has 0 fully saturated rings. The van der Waals surface area contributed by atoms with E-state index in [0.717, 1.165) is 33.4 Å². The third-order valence-electron chi connectivity index (χ3n) is 5.02. The van der Waals surface area contributed by atoms with Crippen LogP contribution in [0.4, 0.5) is 0 Å². The second-order valence-electron chi connectivity index (χ2n) is 7.23. The predicted octanol–water partition coefficient (Wildman–Crippen LogP) is 6.05. The Morgan fingerprint density at radius 1 is 0.548 bits per heavy atom. The second-order valence-corrected chi connectivity index (χ2v) is 9.12. The summed E-state index contributed by atoms with van der Waals surface area (Å²) in [5.41, 5.74) is 9.78. The average Bonchev–Trinajstić information content (AvgIpc) is 2.81. The molecule has 2 N–H and O–H groups in total. The average molecular weight is 430 g/mol. The standard InChI is InChI=1S/C26H22O2S.CH5N/c1-19-13-15-25(23(17-19)21-9-5-3-6-10-21)29(27,28)26-16-14-20(2)18-24(26)22-11-7-4-8-12-22;1-2/h3-18H,1-2H3;2H2,1H3. The van der Waals surface area contributed by atoms with Crippen molar-refractivity contribution in [3.8, 4) is 22.3 Å². The molecule has 0 aromatic heterocycles. The first kappa shape index (κ1) is 22.5. The molecule has 4 aromatic carbocycles. The first-order valence-electron chi connectivity index (χ1n) is 10.1. The van der Waals surface area contributed by atoms with Gasteiger partial charge in [-0.25, -0.2) is 8.42 Å². The topological polar surface area (TPSA) is 60.2 Å². The number of hydrogen-bond donors (Lipinski definition) is 1. The Morgan fingerprint density at radius 2 is 0.903 bits per heavy atom. The van der Waals surface area contributed by atoms with Gasteiger partial charge in [0.05, 0.1) is 9.79 Å². The Balaban J connectivity index is 0.00000132. The molecule has 0 spiro atoms. The van der Waals surface area contributed by atoms with E-state index in [4.69, 9.17) is 0 Å². The van der Waals surface area contributed by atoms with Gasteiger partial charge in [-0.2, -0.15) is 0 Å². The highest BCUT2D eigenvalue weighted by Gasteiger charge is 2.25. The molecule has 31 heavy (non-hydrogen) atoms. The number of aryl methyl sites for hydroxylation is 2. The molecule has 3 nitrogen and oxygen atoms in total. The van der Waals surface area contributed by atoms with E-state index in [2.05, 4.69) is 5.73 Å². The Hall–Kier alpha value is -3.21. The van der Waals surface area contributed by atoms with Crippen molar-refractivity contribution in [1.82, 2.24) is 0 Å². The SMILES string of the molecule is CN.Cc1ccc(S(=O)(=O)c2ccc(C)cc2-c2ccccc2)c(-c2ccccc2)c1. The quantitative estimate of drug-likeness (QED) is 0.430. The van der Waals surface area contributed by atoms with E-state index >= 15 is 0 Å². The van der Waals surface area contributed by atoms with Gasteiger partial charge in [0.1, 0.15) is 0 Å². The summed E-state index contributed by atoms with van der Waals surface area (Å²) >= 11 is 0. The van der Waals surface area contributed by atoms with Gasteiger partial charge in [-0.15, -0.1) is 0 Å². The molecule has 0 atom stereocenters. The Morgan fingerprint density at radius 3 is 1.26 bits per heavy atom. The number of hydrogen-bond acceptors (Lipinski definition) is 3. The maximum absolute atomic E-state index is 13.8. The molecule has 0 heterocycles. The van der Waals surface area contributed by atoms with Crippen molar-refractivity contribution in [2.75, 3.05) is 7.05 Å². The van der Waals surface area contributed by atoms with E-state index in [9.17, 15) is 8.42 Å². The van der Waals surface area contributed by atoms with Gasteiger partial charge in [-0.05, 0) is 44.2 Å². The van der Waals surface area contributed by atoms with Crippen molar-refractivity contribution in [1.29, 1.82) is 0 Å². The molecule has 0 aliphatic carbocycles. The summed E-state index contributed by atoms with van der Waals surface area (Å²) in [4.78, 5) is 0.658. The van der Waals surface area contributed by atoms with E-state index < -0.39 is 9.84 Å². The van der Waals surface area contributed by atoms with Crippen molar-refractivity contribution in [3.05, 3.63) is 108 Å². The van der Waals surface area contributed by atoms with Crippen LogP contribution in [0.5, 0.6) is 0 Å². The van der Waals surface area contributed by atoms with Crippen molar-refractivity contribution >= 4 is 9.84 Å². The van der Waals surface area contributed by atoms with Crippen LogP contribution in [0.3, 0.4) is 0 Å². The van der Waals surface area contributed by atoms with Gasteiger partial charge in [-0.3, -0.25) is 0 Å². The maximum Gasteiger partial charge on any atom is 0.207 e. The van der Waals surface area contributed by atoms with Crippen LogP contribution in [0.1, 0.15) is 11.1 Å². The molecule has 0 unspecified atom stereocenters. The van der Waals surface area contributed by atoms with Crippen molar-refractivity contribution < 1.29 is 8.42 Å². The van der Waals surface area contributed by atoms with Crippen LogP contribution in [-0.4, -0.2) is 15.5 Å². The monoisotopic (exact) mass is 429 g/mol. The van der Waals surface area contributed by atoms with E-state index in [1.54, 1.807) is 12.1 Å². The number of rotatable bonds is 4. The molecule has 0 saturated heterocycles. The smallest absolute Gasteiger partial charge is 0.207 e. The Kier molecular flexibility index (Phi) is 7.06. The minimum atomic E-state index is -3.73. The van der Waals surface area contributed by atoms with Crippen LogP contribution in [0.15, 0.2) is 107 Å². The molecule has 4 heteroatoms. The molecule has 0 amide bonds. The fourth-order valence-electron chi connectivity index (χ4n) is 3.56. The summed E-state index contributed by atoms with van der Waals surface area (Å²) < 4.78 is 27.7. The molecule has 0 saturated carbocycles. The molecule has 158 valence electrons. The number of nitrogens with two attached hydrogens (primary N) is 1. The lowest BCUT2D eigenvalue weighted by atomic mass is 10.0. The van der Waals surface area contributed by atoms with Gasteiger partial charge in [-0.1, -0.05) is 96.1 Å². The van der Waals surface area contributed by atoms with Gasteiger partial charge >= 0.3 is 0 Å². The summed E-state index contributed by atoms with van der Waals surface area (Å²) in [6.45, 7) is 3.95. The zero-order valence-electron chi connectivity index (χ0n) is 18.0. The fraction of sp³-hybridized carbons (Fsp3) is 0.111. The van der Waals surface area contributed by atoms with E-state index in [-0.39, 0.29) is 0 Å². The van der Waals surface area contributed by atoms with E-state index in [0.29, 0.717) is 9.79 Å². The third-order valence-corrected chi connectivity index (χ3v) is 6.89. The normalized spacial score (nSPS) is 10.8. The molecule has 4 aromatic rings. The van der Waals surface area contributed by atoms with Crippen molar-refractivity contribution in [3.63, 3.8) is 0 Å². The zero-order valence-corrected chi connectivity index (χ0v) is 18.9. The van der Waals surface area contributed by atoms with Crippen LogP contribution < -0.4 is 5.73 Å². The highest BCUT2D eigenvalue weighted by atomic mass is 32.2. The lowest BCUT2D eigenvalue weighted by molar-refractivity contribution is 0.596. The number of benzene rings is 4. The Bertz CT molecular complexity index is 1170. The molecule has 0 aliphatic rings. The first-order valence-corrected chi connectivity index (χ1v) is 11.6. The van der Waals surface area contributed by atoms with Gasteiger partial charge in [0.25, 0.3) is 0 Å². The summed E-state index contributed by atoms with van der Waals surface area (Å²) in [5.74, 6) is 0. The molecular weight excluding hydrogens is 402 g/mol. The minimum absolute atomic E-state index is 0.329. The van der Waals surface area contributed by atoms with Gasteiger partial charge < -0.3 is 5.73 Å². The number of sulfone groups is 1. The van der Waals surface area contributed by atoms with Gasteiger partial charge in [0.2, 0.25) is 9.84 Å². The van der Waals surface area contributed by atoms with Crippen molar-refractivity contribution in [2.45, 2.75) is 23.6 Å². The van der Waals surface area contributed by atoms with E-state index in [1.165, 1.54) is 7.05 Å². The predicted molar refractivity (Wildman–Crippen MR) is 129 cm³/mol. The lowest BCUT2D eigenvalue weighted by Gasteiger charge is -2.16. The molecule has 0 radical (unpaired) electrons. The van der Waals surface area contributed by atoms with Crippen LogP contribution in [0.2, 0.25) is 0 Å². The van der Waals surface area contributed by atoms with Gasteiger partial charge in [0.15, 0.2) is 0 Å². The van der Waals surface area contributed by atoms with Crippen LogP contribution in [0, 0.1) is 13.8 Å². The third kappa shape index (κ3) is 4.76. The van der Waals surface area contributed by atoms with Crippen LogP contribution in [0.25, 0.3) is 22.3 Å². The van der Waals surface area contributed by atoms with Gasteiger partial charge in [0, 0.05) is 11.1 Å². The Labute approximate surface area is 185 Å². The second kappa shape index (κ2) is 9.73. The molecule has 0 aliphatic heterocycles. The largest absolute Gasteiger partial charge is 0.333 e. The van der Waals surface area contributed by atoms with Crippen LogP contribution >= 0.6 is 0 Å². The minimum Gasteiger partial charge on any atom is -0.333 e. The highest BCUT2D eigenvalue weighted by Crippen LogP contribution is 2.37. The first-order chi connectivity index (χ1) is 15.0. The fourth-order valence-corrected chi connectivity index (χ4v) is 5.23.